The van der Waals surface area contributed by atoms with Gasteiger partial charge in [-0.1, -0.05) is 6.92 Å². The summed E-state index contributed by atoms with van der Waals surface area (Å²) < 4.78 is 0. The molecule has 1 aliphatic rings. The van der Waals surface area contributed by atoms with E-state index in [2.05, 4.69) is 9.97 Å². The number of hydrogen-bond acceptors (Lipinski definition) is 4. The average molecular weight is 191 g/mol. The third kappa shape index (κ3) is 1.02. The summed E-state index contributed by atoms with van der Waals surface area (Å²) in [5.74, 6) is -0.743. The molecule has 2 amide bonds. The van der Waals surface area contributed by atoms with Crippen molar-refractivity contribution in [3.8, 4) is 0 Å². The molecular weight excluding hydrogens is 182 g/mol. The van der Waals surface area contributed by atoms with Crippen LogP contribution in [0.2, 0.25) is 0 Å². The normalized spacial score (nSPS) is 14.9. The highest BCUT2D eigenvalue weighted by Crippen LogP contribution is 2.17. The summed E-state index contributed by atoms with van der Waals surface area (Å²) >= 11 is 0. The van der Waals surface area contributed by atoms with Crippen LogP contribution in [-0.4, -0.2) is 33.7 Å². The lowest BCUT2D eigenvalue weighted by molar-refractivity contribution is 0.0689. The lowest BCUT2D eigenvalue weighted by Crippen LogP contribution is -2.24. The van der Waals surface area contributed by atoms with Gasteiger partial charge in [0, 0.05) is 13.2 Å². The van der Waals surface area contributed by atoms with Crippen molar-refractivity contribution in [2.45, 2.75) is 13.3 Å². The zero-order chi connectivity index (χ0) is 10.3. The van der Waals surface area contributed by atoms with E-state index in [1.54, 1.807) is 0 Å². The molecule has 2 rings (SSSR count). The molecule has 1 aliphatic heterocycles. The molecular formula is C9H9N3O2. The van der Waals surface area contributed by atoms with Gasteiger partial charge in [-0.3, -0.25) is 14.5 Å². The monoisotopic (exact) mass is 191 g/mol. The van der Waals surface area contributed by atoms with Crippen LogP contribution in [0.4, 0.5) is 0 Å². The summed E-state index contributed by atoms with van der Waals surface area (Å²) in [6.07, 6.45) is 2.23. The third-order valence-corrected chi connectivity index (χ3v) is 2.20. The van der Waals surface area contributed by atoms with Crippen molar-refractivity contribution >= 4 is 11.8 Å². The first-order valence-electron chi connectivity index (χ1n) is 4.33. The topological polar surface area (TPSA) is 63.2 Å². The molecule has 0 N–H and O–H groups in total. The predicted octanol–water partition coefficient (Wildman–Crippen LogP) is 0.265. The van der Waals surface area contributed by atoms with Gasteiger partial charge in [0.2, 0.25) is 0 Å². The largest absolute Gasteiger partial charge is 0.281 e. The van der Waals surface area contributed by atoms with Crippen LogP contribution in [-0.2, 0) is 6.42 Å². The maximum absolute atomic E-state index is 11.5. The van der Waals surface area contributed by atoms with E-state index in [0.717, 1.165) is 10.6 Å². The van der Waals surface area contributed by atoms with Crippen LogP contribution in [0, 0.1) is 0 Å². The highest BCUT2D eigenvalue weighted by molar-refractivity contribution is 6.19. The molecule has 5 heteroatoms. The molecule has 0 aliphatic carbocycles. The van der Waals surface area contributed by atoms with E-state index >= 15 is 0 Å². The minimum Gasteiger partial charge on any atom is -0.275 e. The van der Waals surface area contributed by atoms with Gasteiger partial charge in [-0.15, -0.1) is 0 Å². The minimum atomic E-state index is -0.375. The molecule has 1 aromatic rings. The Morgan fingerprint density at radius 1 is 1.29 bits per heavy atom. The van der Waals surface area contributed by atoms with Gasteiger partial charge in [-0.2, -0.15) is 0 Å². The number of carbonyl (C=O) groups excluding carboxylic acids is 2. The molecule has 14 heavy (non-hydrogen) atoms. The zero-order valence-electron chi connectivity index (χ0n) is 7.94. The Kier molecular flexibility index (Phi) is 1.80. The lowest BCUT2D eigenvalue weighted by Gasteiger charge is -2.01. The molecule has 0 aromatic carbocycles. The summed E-state index contributed by atoms with van der Waals surface area (Å²) in [4.78, 5) is 31.9. The Labute approximate surface area is 80.8 Å². The van der Waals surface area contributed by atoms with Crippen LogP contribution in [0.1, 0.15) is 33.6 Å². The van der Waals surface area contributed by atoms with E-state index in [9.17, 15) is 9.59 Å². The van der Waals surface area contributed by atoms with Gasteiger partial charge < -0.3 is 0 Å². The number of carbonyl (C=O) groups is 2. The van der Waals surface area contributed by atoms with Gasteiger partial charge in [0.1, 0.15) is 0 Å². The Hall–Kier alpha value is -1.78. The first-order chi connectivity index (χ1) is 6.65. The molecule has 0 spiro atoms. The van der Waals surface area contributed by atoms with Crippen LogP contribution in [0.5, 0.6) is 0 Å². The highest BCUT2D eigenvalue weighted by atomic mass is 16.2. The summed E-state index contributed by atoms with van der Waals surface area (Å²) in [7, 11) is 1.43. The Morgan fingerprint density at radius 3 is 2.57 bits per heavy atom. The van der Waals surface area contributed by atoms with Crippen LogP contribution >= 0.6 is 0 Å². The van der Waals surface area contributed by atoms with Gasteiger partial charge in [0.25, 0.3) is 11.8 Å². The van der Waals surface area contributed by atoms with Crippen molar-refractivity contribution in [3.05, 3.63) is 23.3 Å². The third-order valence-electron chi connectivity index (χ3n) is 2.20. The van der Waals surface area contributed by atoms with Crippen molar-refractivity contribution < 1.29 is 9.59 Å². The molecule has 0 unspecified atom stereocenters. The van der Waals surface area contributed by atoms with Crippen molar-refractivity contribution in [3.63, 3.8) is 0 Å². The van der Waals surface area contributed by atoms with Gasteiger partial charge in [0.15, 0.2) is 11.4 Å². The second-order valence-corrected chi connectivity index (χ2v) is 3.08. The number of imide groups is 1. The number of amides is 2. The van der Waals surface area contributed by atoms with E-state index in [0.29, 0.717) is 6.42 Å². The molecule has 72 valence electrons. The van der Waals surface area contributed by atoms with Crippen molar-refractivity contribution in [1.29, 1.82) is 0 Å². The van der Waals surface area contributed by atoms with E-state index in [-0.39, 0.29) is 23.2 Å². The number of hydrogen-bond donors (Lipinski definition) is 0. The summed E-state index contributed by atoms with van der Waals surface area (Å²) in [6.45, 7) is 1.92. The Bertz CT molecular complexity index is 428. The lowest BCUT2D eigenvalue weighted by atomic mass is 10.3. The van der Waals surface area contributed by atoms with Gasteiger partial charge in [0.05, 0.1) is 5.69 Å². The smallest absolute Gasteiger partial charge is 0.275 e. The van der Waals surface area contributed by atoms with Crippen LogP contribution in [0.15, 0.2) is 6.20 Å². The van der Waals surface area contributed by atoms with Crippen molar-refractivity contribution in [2.24, 2.45) is 0 Å². The van der Waals surface area contributed by atoms with Crippen LogP contribution < -0.4 is 0 Å². The predicted molar refractivity (Wildman–Crippen MR) is 47.8 cm³/mol. The molecule has 1 aromatic heterocycles. The number of rotatable bonds is 1. The quantitative estimate of drug-likeness (QED) is 0.597. The Morgan fingerprint density at radius 2 is 1.93 bits per heavy atom. The number of nitrogens with zero attached hydrogens (tertiary/aromatic N) is 3. The summed E-state index contributed by atoms with van der Waals surface area (Å²) in [5, 5.41) is 0. The molecule has 0 atom stereocenters. The second kappa shape index (κ2) is 2.87. The maximum atomic E-state index is 11.5. The SMILES string of the molecule is CCc1cnc2c(n1)C(=O)N(C)C2=O. The molecule has 2 heterocycles. The van der Waals surface area contributed by atoms with Gasteiger partial charge >= 0.3 is 0 Å². The average Bonchev–Trinajstić information content (AvgIpc) is 2.44. The number of fused-ring (bicyclic) bond motifs is 1. The van der Waals surface area contributed by atoms with E-state index in [4.69, 9.17) is 0 Å². The number of aryl methyl sites for hydroxylation is 1. The highest BCUT2D eigenvalue weighted by Gasteiger charge is 2.35. The standard InChI is InChI=1S/C9H9N3O2/c1-3-5-4-10-6-7(11-5)9(14)12(2)8(6)13/h4H,3H2,1-2H3. The summed E-state index contributed by atoms with van der Waals surface area (Å²) in [6, 6.07) is 0. The van der Waals surface area contributed by atoms with Crippen LogP contribution in [0.3, 0.4) is 0 Å². The maximum Gasteiger partial charge on any atom is 0.281 e. The molecule has 0 saturated heterocycles. The second-order valence-electron chi connectivity index (χ2n) is 3.08. The van der Waals surface area contributed by atoms with Crippen molar-refractivity contribution in [1.82, 2.24) is 14.9 Å². The molecule has 0 fully saturated rings. The van der Waals surface area contributed by atoms with Crippen molar-refractivity contribution in [2.75, 3.05) is 7.05 Å². The van der Waals surface area contributed by atoms with E-state index in [1.165, 1.54) is 13.2 Å². The molecule has 0 saturated carbocycles. The first kappa shape index (κ1) is 8.80. The van der Waals surface area contributed by atoms with E-state index in [1.807, 2.05) is 6.92 Å². The fourth-order valence-corrected chi connectivity index (χ4v) is 1.31. The minimum absolute atomic E-state index is 0.162. The molecule has 0 radical (unpaired) electrons. The van der Waals surface area contributed by atoms with Gasteiger partial charge in [-0.25, -0.2) is 9.97 Å². The fraction of sp³-hybridized carbons (Fsp3) is 0.333. The summed E-state index contributed by atoms with van der Waals surface area (Å²) in [5.41, 5.74) is 1.06. The van der Waals surface area contributed by atoms with Crippen LogP contribution in [0.25, 0.3) is 0 Å². The van der Waals surface area contributed by atoms with Gasteiger partial charge in [-0.05, 0) is 6.42 Å². The number of aromatic nitrogens is 2. The first-order valence-corrected chi connectivity index (χ1v) is 4.33. The fourth-order valence-electron chi connectivity index (χ4n) is 1.31. The zero-order valence-corrected chi connectivity index (χ0v) is 7.94. The molecule has 5 nitrogen and oxygen atoms in total. The molecule has 0 bridgehead atoms. The Balaban J connectivity index is 2.59. The van der Waals surface area contributed by atoms with E-state index < -0.39 is 0 Å².